The molecule has 3 aromatic rings. The molecule has 1 aliphatic heterocycles. The van der Waals surface area contributed by atoms with Crippen LogP contribution in [-0.2, 0) is 13.5 Å². The van der Waals surface area contributed by atoms with E-state index in [1.54, 1.807) is 12.1 Å². The van der Waals surface area contributed by atoms with Crippen LogP contribution in [0, 0.1) is 0 Å². The molecule has 4 nitrogen and oxygen atoms in total. The molecule has 0 saturated heterocycles. The van der Waals surface area contributed by atoms with Crippen molar-refractivity contribution in [3.8, 4) is 11.5 Å². The molecule has 0 saturated carbocycles. The molecule has 0 bridgehead atoms. The highest BCUT2D eigenvalue weighted by atomic mass is 16.5. The first-order chi connectivity index (χ1) is 10.9. The average molecular weight is 309 g/mol. The smallest absolute Gasteiger partial charge is 0.200 e. The molecule has 0 aliphatic carbocycles. The van der Waals surface area contributed by atoms with Crippen LogP contribution in [0.5, 0.6) is 11.5 Å². The van der Waals surface area contributed by atoms with Crippen LogP contribution in [0.4, 0.5) is 0 Å². The van der Waals surface area contributed by atoms with E-state index in [1.165, 1.54) is 0 Å². The van der Waals surface area contributed by atoms with Crippen molar-refractivity contribution in [3.05, 3.63) is 46.1 Å². The number of phenols is 1. The lowest BCUT2D eigenvalue weighted by Crippen LogP contribution is -2.33. The summed E-state index contributed by atoms with van der Waals surface area (Å²) in [5.74, 6) is 0.666. The molecular formula is C19H19NO3. The normalized spacial score (nSPS) is 16.3. The SMILES string of the molecule is Cn1c2ccccc2c(=O)c2c(O)cc3c(c21)CCC(C)(C)O3. The first-order valence-corrected chi connectivity index (χ1v) is 7.84. The van der Waals surface area contributed by atoms with E-state index in [-0.39, 0.29) is 16.8 Å². The summed E-state index contributed by atoms with van der Waals surface area (Å²) in [4.78, 5) is 12.9. The van der Waals surface area contributed by atoms with Gasteiger partial charge in [0, 0.05) is 24.1 Å². The van der Waals surface area contributed by atoms with Crippen LogP contribution >= 0.6 is 0 Å². The molecule has 1 aromatic heterocycles. The second-order valence-electron chi connectivity index (χ2n) is 6.86. The molecule has 0 amide bonds. The van der Waals surface area contributed by atoms with Gasteiger partial charge in [-0.05, 0) is 38.8 Å². The molecule has 0 radical (unpaired) electrons. The maximum absolute atomic E-state index is 12.9. The predicted molar refractivity (Wildman–Crippen MR) is 91.4 cm³/mol. The van der Waals surface area contributed by atoms with E-state index in [2.05, 4.69) is 0 Å². The van der Waals surface area contributed by atoms with Crippen molar-refractivity contribution in [2.24, 2.45) is 7.05 Å². The molecule has 2 heterocycles. The highest BCUT2D eigenvalue weighted by Gasteiger charge is 2.30. The molecule has 2 aromatic carbocycles. The lowest BCUT2D eigenvalue weighted by Gasteiger charge is -2.33. The monoisotopic (exact) mass is 309 g/mol. The number of rotatable bonds is 0. The maximum Gasteiger partial charge on any atom is 0.200 e. The molecule has 118 valence electrons. The van der Waals surface area contributed by atoms with E-state index >= 15 is 0 Å². The third kappa shape index (κ3) is 1.94. The van der Waals surface area contributed by atoms with Crippen LogP contribution in [0.25, 0.3) is 21.8 Å². The number of aryl methyl sites for hydroxylation is 2. The Morgan fingerprint density at radius 2 is 2.00 bits per heavy atom. The minimum Gasteiger partial charge on any atom is -0.507 e. The number of hydrogen-bond donors (Lipinski definition) is 1. The van der Waals surface area contributed by atoms with Crippen LogP contribution in [0.2, 0.25) is 0 Å². The minimum absolute atomic E-state index is 0.0113. The molecule has 4 heteroatoms. The first-order valence-electron chi connectivity index (χ1n) is 7.84. The Morgan fingerprint density at radius 1 is 1.26 bits per heavy atom. The van der Waals surface area contributed by atoms with Gasteiger partial charge in [-0.25, -0.2) is 0 Å². The lowest BCUT2D eigenvalue weighted by atomic mass is 9.92. The van der Waals surface area contributed by atoms with Crippen molar-refractivity contribution >= 4 is 21.8 Å². The van der Waals surface area contributed by atoms with Gasteiger partial charge in [-0.1, -0.05) is 12.1 Å². The van der Waals surface area contributed by atoms with Crippen molar-refractivity contribution < 1.29 is 9.84 Å². The number of aromatic hydroxyl groups is 1. The number of benzene rings is 2. The summed E-state index contributed by atoms with van der Waals surface area (Å²) in [6, 6.07) is 9.09. The quantitative estimate of drug-likeness (QED) is 0.647. The third-order valence-electron chi connectivity index (χ3n) is 4.78. The number of aromatic nitrogens is 1. The number of nitrogens with zero attached hydrogens (tertiary/aromatic N) is 1. The summed E-state index contributed by atoms with van der Waals surface area (Å²) in [6.07, 6.45) is 1.70. The van der Waals surface area contributed by atoms with Crippen LogP contribution in [0.15, 0.2) is 35.1 Å². The average Bonchev–Trinajstić information content (AvgIpc) is 2.50. The molecule has 4 rings (SSSR count). The zero-order chi connectivity index (χ0) is 16.4. The van der Waals surface area contributed by atoms with Crippen LogP contribution in [-0.4, -0.2) is 15.3 Å². The lowest BCUT2D eigenvalue weighted by molar-refractivity contribution is 0.0849. The second kappa shape index (κ2) is 4.51. The van der Waals surface area contributed by atoms with Crippen molar-refractivity contribution in [1.29, 1.82) is 0 Å². The number of ether oxygens (including phenoxy) is 1. The highest BCUT2D eigenvalue weighted by molar-refractivity contribution is 5.99. The minimum atomic E-state index is -0.261. The summed E-state index contributed by atoms with van der Waals surface area (Å²) in [6.45, 7) is 4.08. The highest BCUT2D eigenvalue weighted by Crippen LogP contribution is 2.41. The van der Waals surface area contributed by atoms with Crippen molar-refractivity contribution in [3.63, 3.8) is 0 Å². The number of hydrogen-bond acceptors (Lipinski definition) is 3. The Labute approximate surface area is 133 Å². The molecule has 0 fully saturated rings. The molecule has 0 unspecified atom stereocenters. The Kier molecular flexibility index (Phi) is 2.77. The van der Waals surface area contributed by atoms with E-state index in [1.807, 2.05) is 43.7 Å². The van der Waals surface area contributed by atoms with Gasteiger partial charge in [0.2, 0.25) is 5.43 Å². The van der Waals surface area contributed by atoms with E-state index in [4.69, 9.17) is 4.74 Å². The van der Waals surface area contributed by atoms with Gasteiger partial charge >= 0.3 is 0 Å². The topological polar surface area (TPSA) is 51.5 Å². The molecule has 1 aliphatic rings. The molecule has 1 N–H and O–H groups in total. The first kappa shape index (κ1) is 14.1. The fourth-order valence-corrected chi connectivity index (χ4v) is 3.59. The molecule has 0 spiro atoms. The molecule has 23 heavy (non-hydrogen) atoms. The van der Waals surface area contributed by atoms with Gasteiger partial charge < -0.3 is 14.4 Å². The Morgan fingerprint density at radius 3 is 2.78 bits per heavy atom. The fraction of sp³-hybridized carbons (Fsp3) is 0.316. The Hall–Kier alpha value is -2.49. The zero-order valence-electron chi connectivity index (χ0n) is 13.5. The zero-order valence-corrected chi connectivity index (χ0v) is 13.5. The van der Waals surface area contributed by atoms with Gasteiger partial charge in [-0.15, -0.1) is 0 Å². The molecular weight excluding hydrogens is 290 g/mol. The van der Waals surface area contributed by atoms with Crippen molar-refractivity contribution in [1.82, 2.24) is 4.57 Å². The van der Waals surface area contributed by atoms with Gasteiger partial charge in [-0.3, -0.25) is 4.79 Å². The van der Waals surface area contributed by atoms with Gasteiger partial charge in [0.25, 0.3) is 0 Å². The van der Waals surface area contributed by atoms with Gasteiger partial charge in [0.15, 0.2) is 0 Å². The maximum atomic E-state index is 12.9. The van der Waals surface area contributed by atoms with Crippen LogP contribution in [0.1, 0.15) is 25.8 Å². The summed E-state index contributed by atoms with van der Waals surface area (Å²) in [5.41, 5.74) is 2.26. The fourth-order valence-electron chi connectivity index (χ4n) is 3.59. The summed E-state index contributed by atoms with van der Waals surface area (Å²) < 4.78 is 8.03. The number of pyridine rings is 1. The predicted octanol–water partition coefficient (Wildman–Crippen LogP) is 3.50. The van der Waals surface area contributed by atoms with Crippen LogP contribution in [0.3, 0.4) is 0 Å². The van der Waals surface area contributed by atoms with Crippen molar-refractivity contribution in [2.45, 2.75) is 32.3 Å². The van der Waals surface area contributed by atoms with E-state index in [0.717, 1.165) is 29.4 Å². The summed E-state index contributed by atoms with van der Waals surface area (Å²) >= 11 is 0. The number of phenolic OH excluding ortho intramolecular Hbond substituents is 1. The van der Waals surface area contributed by atoms with Gasteiger partial charge in [0.1, 0.15) is 17.1 Å². The third-order valence-corrected chi connectivity index (χ3v) is 4.78. The van der Waals surface area contributed by atoms with E-state index in [0.29, 0.717) is 16.5 Å². The van der Waals surface area contributed by atoms with Crippen LogP contribution < -0.4 is 10.2 Å². The largest absolute Gasteiger partial charge is 0.507 e. The standard InChI is InChI=1S/C19H19NO3/c1-19(2)9-8-12-15(23-19)10-14(21)16-17(12)20(3)13-7-5-4-6-11(13)18(16)22/h4-7,10,21H,8-9H2,1-3H3. The van der Waals surface area contributed by atoms with E-state index < -0.39 is 0 Å². The second-order valence-corrected chi connectivity index (χ2v) is 6.86. The van der Waals surface area contributed by atoms with Gasteiger partial charge in [0.05, 0.1) is 16.4 Å². The van der Waals surface area contributed by atoms with E-state index in [9.17, 15) is 9.90 Å². The Balaban J connectivity index is 2.21. The number of fused-ring (bicyclic) bond motifs is 4. The summed E-state index contributed by atoms with van der Waals surface area (Å²) in [7, 11) is 1.93. The number of para-hydroxylation sites is 1. The molecule has 0 atom stereocenters. The summed E-state index contributed by atoms with van der Waals surface area (Å²) in [5, 5.41) is 11.5. The van der Waals surface area contributed by atoms with Gasteiger partial charge in [-0.2, -0.15) is 0 Å². The Bertz CT molecular complexity index is 1010. The van der Waals surface area contributed by atoms with Crippen molar-refractivity contribution in [2.75, 3.05) is 0 Å².